The minimum Gasteiger partial charge on any atom is -0.0985 e. The number of rotatable bonds is 13. The molecule has 0 bridgehead atoms. The monoisotopic (exact) mass is 974 g/mol. The van der Waals surface area contributed by atoms with Crippen LogP contribution in [0.2, 0.25) is 0 Å². The molecule has 0 saturated heterocycles. The molecule has 0 aliphatic rings. The van der Waals surface area contributed by atoms with Gasteiger partial charge in [0.15, 0.2) is 0 Å². The molecule has 0 aliphatic heterocycles. The molecule has 0 radical (unpaired) electrons. The topological polar surface area (TPSA) is 0 Å². The minimum atomic E-state index is -0.409. The van der Waals surface area contributed by atoms with Gasteiger partial charge in [-0.2, -0.15) is 0 Å². The molecule has 0 aliphatic carbocycles. The van der Waals surface area contributed by atoms with Crippen molar-refractivity contribution in [2.75, 3.05) is 11.8 Å². The maximum Gasteiger partial charge on any atom is 0.00405 e. The Labute approximate surface area is 394 Å². The Kier molecular flexibility index (Phi) is 20.1. The van der Waals surface area contributed by atoms with Crippen molar-refractivity contribution in [3.05, 3.63) is 285 Å². The molecule has 0 spiro atoms. The first-order chi connectivity index (χ1) is 30.8. The van der Waals surface area contributed by atoms with Gasteiger partial charge in [0.1, 0.15) is 0 Å². The minimum absolute atomic E-state index is 0. The van der Waals surface area contributed by atoms with E-state index in [1.807, 2.05) is 36.4 Å². The molecule has 0 aromatic heterocycles. The third-order valence-corrected chi connectivity index (χ3v) is 22.0. The third-order valence-electron chi connectivity index (χ3n) is 10.1. The predicted octanol–water partition coefficient (Wildman–Crippen LogP) is 12.7. The van der Waals surface area contributed by atoms with E-state index in [1.165, 1.54) is 59.8 Å². The molecule has 0 saturated carbocycles. The summed E-state index contributed by atoms with van der Waals surface area (Å²) in [5, 5.41) is 11.7. The van der Waals surface area contributed by atoms with Crippen molar-refractivity contribution < 1.29 is 19.5 Å². The molecule has 9 aromatic carbocycles. The molecule has 5 heteroatoms. The molecule has 0 atom stereocenters. The molecular formula is C58H52P4Ru. The largest absolute Gasteiger partial charge is 0.0985 e. The van der Waals surface area contributed by atoms with Gasteiger partial charge in [0.25, 0.3) is 0 Å². The van der Waals surface area contributed by atoms with Crippen LogP contribution in [0.1, 0.15) is 5.56 Å². The fourth-order valence-corrected chi connectivity index (χ4v) is 19.9. The summed E-state index contributed by atoms with van der Waals surface area (Å²) in [5.74, 6) is 2.35. The van der Waals surface area contributed by atoms with Crippen molar-refractivity contribution >= 4 is 80.2 Å². The van der Waals surface area contributed by atoms with E-state index in [1.54, 1.807) is 0 Å². The quantitative estimate of drug-likeness (QED) is 0.0798. The first kappa shape index (κ1) is 47.5. The Morgan fingerprint density at radius 1 is 0.238 bits per heavy atom. The van der Waals surface area contributed by atoms with Gasteiger partial charge in [-0.05, 0) is 79.7 Å². The number of benzene rings is 9. The second kappa shape index (κ2) is 26.6. The molecule has 312 valence electrons. The molecule has 9 aromatic rings. The number of hydrogen-bond donors (Lipinski definition) is 0. The van der Waals surface area contributed by atoms with Crippen LogP contribution in [-0.2, 0) is 19.5 Å². The van der Waals surface area contributed by atoms with Crippen LogP contribution < -0.4 is 42.4 Å². The molecule has 0 heterocycles. The van der Waals surface area contributed by atoms with Crippen LogP contribution in [-0.4, -0.2) is 11.8 Å². The summed E-state index contributed by atoms with van der Waals surface area (Å²) in [6.45, 7) is 3.63. The van der Waals surface area contributed by atoms with E-state index in [-0.39, 0.29) is 19.5 Å². The van der Waals surface area contributed by atoms with Crippen LogP contribution in [0.5, 0.6) is 0 Å². The normalized spacial score (nSPS) is 10.5. The average Bonchev–Trinajstić information content (AvgIpc) is 3.37. The van der Waals surface area contributed by atoms with Crippen LogP contribution in [0.15, 0.2) is 280 Å². The molecule has 63 heavy (non-hydrogen) atoms. The Balaban J connectivity index is 0.000000176. The first-order valence-corrected chi connectivity index (χ1v) is 27.1. The molecule has 0 amide bonds. The van der Waals surface area contributed by atoms with Crippen molar-refractivity contribution in [1.29, 1.82) is 0 Å². The van der Waals surface area contributed by atoms with E-state index < -0.39 is 31.7 Å². The predicted molar refractivity (Wildman–Crippen MR) is 283 cm³/mol. The van der Waals surface area contributed by atoms with Crippen molar-refractivity contribution in [1.82, 2.24) is 0 Å². The summed E-state index contributed by atoms with van der Waals surface area (Å²) in [7, 11) is -1.63. The van der Waals surface area contributed by atoms with Crippen LogP contribution in [0.25, 0.3) is 6.08 Å². The van der Waals surface area contributed by atoms with Crippen molar-refractivity contribution in [2.45, 2.75) is 0 Å². The maximum atomic E-state index is 3.63. The van der Waals surface area contributed by atoms with Crippen molar-refractivity contribution in [3.8, 4) is 0 Å². The van der Waals surface area contributed by atoms with Gasteiger partial charge in [-0.1, -0.05) is 286 Å². The molecule has 9 rings (SSSR count). The van der Waals surface area contributed by atoms with Gasteiger partial charge in [0, 0.05) is 31.3 Å². The van der Waals surface area contributed by atoms with E-state index in [9.17, 15) is 0 Å². The zero-order valence-corrected chi connectivity index (χ0v) is 40.6. The molecule has 0 nitrogen and oxygen atoms in total. The zero-order chi connectivity index (χ0) is 42.4. The molecule has 0 N–H and O–H groups in total. The van der Waals surface area contributed by atoms with Gasteiger partial charge in [-0.3, -0.25) is 0 Å². The summed E-state index contributed by atoms with van der Waals surface area (Å²) < 4.78 is 0. The van der Waals surface area contributed by atoms with Crippen molar-refractivity contribution in [2.24, 2.45) is 0 Å². The second-order valence-electron chi connectivity index (χ2n) is 14.3. The van der Waals surface area contributed by atoms with Crippen LogP contribution in [0.4, 0.5) is 0 Å². The van der Waals surface area contributed by atoms with E-state index in [0.717, 1.165) is 0 Å². The van der Waals surface area contributed by atoms with Gasteiger partial charge in [-0.25, -0.2) is 0 Å². The first-order valence-electron chi connectivity index (χ1n) is 20.9. The Morgan fingerprint density at radius 2 is 0.381 bits per heavy atom. The molecule has 0 unspecified atom stereocenters. The van der Waals surface area contributed by atoms with E-state index >= 15 is 0 Å². The van der Waals surface area contributed by atoms with Gasteiger partial charge < -0.3 is 0 Å². The fourth-order valence-electron chi connectivity index (χ4n) is 6.98. The summed E-state index contributed by atoms with van der Waals surface area (Å²) in [6.07, 6.45) is 1.83. The van der Waals surface area contributed by atoms with Crippen LogP contribution in [0.3, 0.4) is 0 Å². The summed E-state index contributed by atoms with van der Waals surface area (Å²) in [5.41, 5.74) is 1.17. The van der Waals surface area contributed by atoms with Gasteiger partial charge in [0.2, 0.25) is 0 Å². The van der Waals surface area contributed by atoms with Gasteiger partial charge in [-0.15, -0.1) is 0 Å². The van der Waals surface area contributed by atoms with E-state index in [0.29, 0.717) is 0 Å². The van der Waals surface area contributed by atoms with Gasteiger partial charge in [0.05, 0.1) is 0 Å². The van der Waals surface area contributed by atoms with E-state index in [2.05, 4.69) is 249 Å². The Bertz CT molecular complexity index is 2090. The standard InChI is InChI=1S/2C25H22P2.C8H8.Ru/c2*1-5-13-22(14-6-1)26(23-15-7-2-8-16-23)21-27(24-17-9-3-10-18-24)25-19-11-4-12-20-25;1-2-8-6-4-3-5-7-8;/h2*1-20H,21H2;2-7H,1H2;. The number of hydrogen-bond acceptors (Lipinski definition) is 0. The van der Waals surface area contributed by atoms with Crippen molar-refractivity contribution in [3.63, 3.8) is 0 Å². The van der Waals surface area contributed by atoms with Crippen LogP contribution in [0, 0.1) is 0 Å². The summed E-state index contributed by atoms with van der Waals surface area (Å²) in [4.78, 5) is 0. The summed E-state index contributed by atoms with van der Waals surface area (Å²) in [6, 6.07) is 98.3. The average molecular weight is 974 g/mol. The third kappa shape index (κ3) is 14.5. The molecule has 0 fully saturated rings. The molecular weight excluding hydrogens is 922 g/mol. The van der Waals surface area contributed by atoms with Gasteiger partial charge >= 0.3 is 0 Å². The summed E-state index contributed by atoms with van der Waals surface area (Å²) >= 11 is 0. The Hall–Kier alpha value is -4.94. The SMILES string of the molecule is C=Cc1ccccc1.[Ru].c1ccc(P(CP(c2ccccc2)c2ccccc2)c2ccccc2)cc1.c1ccc(P(CP(c2ccccc2)c2ccccc2)c2ccccc2)cc1. The zero-order valence-electron chi connectivity index (χ0n) is 35.3. The Morgan fingerprint density at radius 3 is 0.508 bits per heavy atom. The maximum absolute atomic E-state index is 3.63. The van der Waals surface area contributed by atoms with E-state index in [4.69, 9.17) is 0 Å². The fraction of sp³-hybridized carbons (Fsp3) is 0.0345. The second-order valence-corrected chi connectivity index (χ2v) is 24.1. The van der Waals surface area contributed by atoms with Crippen LogP contribution >= 0.6 is 31.7 Å². The smallest absolute Gasteiger partial charge is 0.00405 e.